The Kier molecular flexibility index (Phi) is 3.83. The second-order valence-corrected chi connectivity index (χ2v) is 4.79. The van der Waals surface area contributed by atoms with E-state index in [-0.39, 0.29) is 12.3 Å². The zero-order chi connectivity index (χ0) is 14.8. The van der Waals surface area contributed by atoms with Crippen LogP contribution in [-0.2, 0) is 16.0 Å². The molecule has 0 saturated heterocycles. The molecule has 6 heteroatoms. The first-order valence-corrected chi connectivity index (χ1v) is 6.26. The molecule has 1 aliphatic carbocycles. The number of benzene rings is 1. The monoisotopic (exact) mass is 279 g/mol. The van der Waals surface area contributed by atoms with Gasteiger partial charge in [0, 0.05) is 5.56 Å². The third-order valence-corrected chi connectivity index (χ3v) is 3.38. The van der Waals surface area contributed by atoms with E-state index in [2.05, 4.69) is 5.32 Å². The van der Waals surface area contributed by atoms with Gasteiger partial charge in [0.15, 0.2) is 0 Å². The van der Waals surface area contributed by atoms with Gasteiger partial charge >= 0.3 is 5.97 Å². The molecule has 2 rings (SSSR count). The molecule has 6 nitrogen and oxygen atoms in total. The quantitative estimate of drug-likeness (QED) is 0.811. The smallest absolute Gasteiger partial charge is 0.329 e. The van der Waals surface area contributed by atoms with Crippen molar-refractivity contribution in [2.24, 2.45) is 0 Å². The lowest BCUT2D eigenvalue weighted by atomic mass is 10.1. The fourth-order valence-electron chi connectivity index (χ4n) is 2.02. The van der Waals surface area contributed by atoms with E-state index in [1.807, 2.05) is 0 Å². The zero-order valence-corrected chi connectivity index (χ0v) is 11.4. The van der Waals surface area contributed by atoms with E-state index < -0.39 is 11.5 Å². The molecular weight excluding hydrogens is 262 g/mol. The highest BCUT2D eigenvalue weighted by Gasteiger charge is 2.51. The lowest BCUT2D eigenvalue weighted by Crippen LogP contribution is -2.43. The molecule has 0 unspecified atom stereocenters. The topological polar surface area (TPSA) is 84.9 Å². The molecule has 2 N–H and O–H groups in total. The summed E-state index contributed by atoms with van der Waals surface area (Å²) >= 11 is 0. The van der Waals surface area contributed by atoms with Gasteiger partial charge in [-0.3, -0.25) is 4.79 Å². The number of carboxylic acid groups (broad SMARTS) is 1. The minimum Gasteiger partial charge on any atom is -0.497 e. The molecule has 1 fully saturated rings. The van der Waals surface area contributed by atoms with Crippen molar-refractivity contribution in [3.05, 3.63) is 23.8 Å². The van der Waals surface area contributed by atoms with Crippen molar-refractivity contribution in [2.45, 2.75) is 24.8 Å². The average Bonchev–Trinajstić information content (AvgIpc) is 3.19. The van der Waals surface area contributed by atoms with Crippen LogP contribution in [0, 0.1) is 0 Å². The van der Waals surface area contributed by atoms with Gasteiger partial charge in [-0.15, -0.1) is 0 Å². The molecule has 108 valence electrons. The Balaban J connectivity index is 2.09. The van der Waals surface area contributed by atoms with Crippen molar-refractivity contribution in [2.75, 3.05) is 14.2 Å². The molecule has 0 bridgehead atoms. The van der Waals surface area contributed by atoms with Crippen LogP contribution >= 0.6 is 0 Å². The molecular formula is C14H17NO5. The zero-order valence-electron chi connectivity index (χ0n) is 11.4. The van der Waals surface area contributed by atoms with Crippen LogP contribution in [0.1, 0.15) is 18.4 Å². The molecule has 0 aliphatic heterocycles. The summed E-state index contributed by atoms with van der Waals surface area (Å²) in [7, 11) is 3.05. The van der Waals surface area contributed by atoms with E-state index >= 15 is 0 Å². The Bertz CT molecular complexity index is 536. The number of hydrogen-bond donors (Lipinski definition) is 2. The summed E-state index contributed by atoms with van der Waals surface area (Å²) in [5.41, 5.74) is -0.408. The van der Waals surface area contributed by atoms with Crippen molar-refractivity contribution < 1.29 is 24.2 Å². The third-order valence-electron chi connectivity index (χ3n) is 3.38. The second kappa shape index (κ2) is 5.40. The minimum atomic E-state index is -1.07. The summed E-state index contributed by atoms with van der Waals surface area (Å²) in [6.07, 6.45) is 1.00. The Morgan fingerprint density at radius 2 is 2.00 bits per heavy atom. The highest BCUT2D eigenvalue weighted by molar-refractivity contribution is 5.90. The van der Waals surface area contributed by atoms with Gasteiger partial charge in [0.25, 0.3) is 0 Å². The van der Waals surface area contributed by atoms with Gasteiger partial charge in [0.2, 0.25) is 5.91 Å². The van der Waals surface area contributed by atoms with Gasteiger partial charge in [0.05, 0.1) is 20.6 Å². The van der Waals surface area contributed by atoms with E-state index in [1.54, 1.807) is 18.2 Å². The van der Waals surface area contributed by atoms with Crippen LogP contribution in [0.4, 0.5) is 0 Å². The second-order valence-electron chi connectivity index (χ2n) is 4.79. The van der Waals surface area contributed by atoms with Crippen molar-refractivity contribution in [3.63, 3.8) is 0 Å². The number of nitrogens with one attached hydrogen (secondary N) is 1. The molecule has 0 aromatic heterocycles. The number of carbonyl (C=O) groups excluding carboxylic acids is 1. The van der Waals surface area contributed by atoms with Gasteiger partial charge < -0.3 is 19.9 Å². The van der Waals surface area contributed by atoms with Crippen LogP contribution in [-0.4, -0.2) is 36.7 Å². The molecule has 1 amide bonds. The van der Waals surface area contributed by atoms with Crippen LogP contribution in [0.5, 0.6) is 11.5 Å². The van der Waals surface area contributed by atoms with Crippen molar-refractivity contribution in [1.82, 2.24) is 5.32 Å². The van der Waals surface area contributed by atoms with Gasteiger partial charge in [-0.05, 0) is 31.0 Å². The first kappa shape index (κ1) is 14.2. The number of aliphatic carboxylic acids is 1. The van der Waals surface area contributed by atoms with Crippen molar-refractivity contribution in [3.8, 4) is 11.5 Å². The maximum Gasteiger partial charge on any atom is 0.329 e. The number of hydrogen-bond acceptors (Lipinski definition) is 4. The Labute approximate surface area is 116 Å². The van der Waals surface area contributed by atoms with Crippen molar-refractivity contribution in [1.29, 1.82) is 0 Å². The van der Waals surface area contributed by atoms with Crippen LogP contribution in [0.2, 0.25) is 0 Å². The molecule has 0 heterocycles. The SMILES string of the molecule is COc1ccc(OC)c(CC(=O)NC2(C(=O)O)CC2)c1. The lowest BCUT2D eigenvalue weighted by Gasteiger charge is -2.14. The lowest BCUT2D eigenvalue weighted by molar-refractivity contribution is -0.143. The predicted molar refractivity (Wildman–Crippen MR) is 71.0 cm³/mol. The summed E-state index contributed by atoms with van der Waals surface area (Å²) < 4.78 is 10.3. The van der Waals surface area contributed by atoms with Gasteiger partial charge in [-0.2, -0.15) is 0 Å². The summed E-state index contributed by atoms with van der Waals surface area (Å²) in [6.45, 7) is 0. The molecule has 1 saturated carbocycles. The summed E-state index contributed by atoms with van der Waals surface area (Å²) in [5, 5.41) is 11.6. The summed E-state index contributed by atoms with van der Waals surface area (Å²) in [4.78, 5) is 23.0. The van der Waals surface area contributed by atoms with Gasteiger partial charge in [-0.25, -0.2) is 4.79 Å². The van der Waals surface area contributed by atoms with E-state index in [9.17, 15) is 9.59 Å². The standard InChI is InChI=1S/C14H17NO5/c1-19-10-3-4-11(20-2)9(7-10)8-12(16)15-14(5-6-14)13(17)18/h3-4,7H,5-6,8H2,1-2H3,(H,15,16)(H,17,18). The maximum atomic E-state index is 12.0. The maximum absolute atomic E-state index is 12.0. The van der Waals surface area contributed by atoms with E-state index in [0.29, 0.717) is 29.9 Å². The number of amides is 1. The molecule has 0 atom stereocenters. The van der Waals surface area contributed by atoms with Crippen LogP contribution in [0.3, 0.4) is 0 Å². The third kappa shape index (κ3) is 2.84. The van der Waals surface area contributed by atoms with Crippen LogP contribution in [0.15, 0.2) is 18.2 Å². The summed E-state index contributed by atoms with van der Waals surface area (Å²) in [6, 6.07) is 5.16. The Morgan fingerprint density at radius 1 is 1.30 bits per heavy atom. The highest BCUT2D eigenvalue weighted by atomic mass is 16.5. The fourth-order valence-corrected chi connectivity index (χ4v) is 2.02. The minimum absolute atomic E-state index is 0.0510. The normalized spacial score (nSPS) is 15.3. The van der Waals surface area contributed by atoms with E-state index in [0.717, 1.165) is 0 Å². The van der Waals surface area contributed by atoms with Crippen LogP contribution < -0.4 is 14.8 Å². The van der Waals surface area contributed by atoms with Crippen LogP contribution in [0.25, 0.3) is 0 Å². The average molecular weight is 279 g/mol. The number of ether oxygens (including phenoxy) is 2. The number of carbonyl (C=O) groups is 2. The predicted octanol–water partition coefficient (Wildman–Crippen LogP) is 0.980. The van der Waals surface area contributed by atoms with Gasteiger partial charge in [0.1, 0.15) is 17.0 Å². The molecule has 0 spiro atoms. The van der Waals surface area contributed by atoms with E-state index in [4.69, 9.17) is 14.6 Å². The molecule has 1 aliphatic rings. The Morgan fingerprint density at radius 3 is 2.50 bits per heavy atom. The number of carboxylic acids is 1. The number of rotatable bonds is 6. The summed E-state index contributed by atoms with van der Waals surface area (Å²) in [5.74, 6) is -0.131. The van der Waals surface area contributed by atoms with E-state index in [1.165, 1.54) is 14.2 Å². The Hall–Kier alpha value is -2.24. The highest BCUT2D eigenvalue weighted by Crippen LogP contribution is 2.35. The first-order chi connectivity index (χ1) is 9.50. The fraction of sp³-hybridized carbons (Fsp3) is 0.429. The molecule has 1 aromatic carbocycles. The van der Waals surface area contributed by atoms with Crippen molar-refractivity contribution >= 4 is 11.9 Å². The molecule has 20 heavy (non-hydrogen) atoms. The number of methoxy groups -OCH3 is 2. The largest absolute Gasteiger partial charge is 0.497 e. The first-order valence-electron chi connectivity index (χ1n) is 6.26. The van der Waals surface area contributed by atoms with Gasteiger partial charge in [-0.1, -0.05) is 0 Å². The molecule has 1 aromatic rings. The molecule has 0 radical (unpaired) electrons.